The number of nitrogens with zero attached hydrogens (tertiary/aromatic N) is 4. The van der Waals surface area contributed by atoms with Gasteiger partial charge >= 0.3 is 6.18 Å². The smallest absolute Gasteiger partial charge is 0.381 e. The Morgan fingerprint density at radius 1 is 1.25 bits per heavy atom. The molecule has 0 amide bonds. The molecule has 10 heteroatoms. The summed E-state index contributed by atoms with van der Waals surface area (Å²) in [6, 6.07) is 0.351. The van der Waals surface area contributed by atoms with Crippen LogP contribution in [0, 0.1) is 12.8 Å². The zero-order chi connectivity index (χ0) is 17.2. The highest BCUT2D eigenvalue weighted by molar-refractivity contribution is 5.29. The summed E-state index contributed by atoms with van der Waals surface area (Å²) in [4.78, 5) is 11.6. The van der Waals surface area contributed by atoms with Gasteiger partial charge in [-0.3, -0.25) is 0 Å². The van der Waals surface area contributed by atoms with Crippen LogP contribution in [0.1, 0.15) is 36.3 Å². The van der Waals surface area contributed by atoms with E-state index in [1.165, 1.54) is 0 Å². The van der Waals surface area contributed by atoms with E-state index in [1.807, 2.05) is 0 Å². The minimum absolute atomic E-state index is 0.0664. The predicted octanol–water partition coefficient (Wildman–Crippen LogP) is 2.77. The van der Waals surface area contributed by atoms with E-state index >= 15 is 0 Å². The van der Waals surface area contributed by atoms with Crippen molar-refractivity contribution in [1.29, 1.82) is 0 Å². The summed E-state index contributed by atoms with van der Waals surface area (Å²) in [5.74, 6) is 0.697. The molecule has 0 saturated carbocycles. The van der Waals surface area contributed by atoms with Crippen molar-refractivity contribution >= 4 is 5.95 Å². The molecule has 0 bridgehead atoms. The van der Waals surface area contributed by atoms with Crippen LogP contribution in [-0.2, 0) is 10.9 Å². The summed E-state index contributed by atoms with van der Waals surface area (Å²) in [6.45, 7) is 2.81. The zero-order valence-corrected chi connectivity index (χ0v) is 12.9. The molecule has 0 aromatic carbocycles. The van der Waals surface area contributed by atoms with Crippen molar-refractivity contribution in [2.75, 3.05) is 18.5 Å². The van der Waals surface area contributed by atoms with Crippen LogP contribution in [0.2, 0.25) is 0 Å². The van der Waals surface area contributed by atoms with E-state index in [1.54, 1.807) is 6.92 Å². The maximum Gasteiger partial charge on any atom is 0.433 e. The average Bonchev–Trinajstić information content (AvgIpc) is 2.99. The van der Waals surface area contributed by atoms with Crippen LogP contribution in [-0.4, -0.2) is 33.3 Å². The number of rotatable bonds is 4. The topological polar surface area (TPSA) is 86.0 Å². The molecule has 1 aliphatic rings. The molecule has 1 N–H and O–H groups in total. The lowest BCUT2D eigenvalue weighted by molar-refractivity contribution is -0.141. The Kier molecular flexibility index (Phi) is 4.65. The molecule has 2 aromatic rings. The van der Waals surface area contributed by atoms with Crippen molar-refractivity contribution in [3.63, 3.8) is 0 Å². The van der Waals surface area contributed by atoms with Crippen LogP contribution in [0.15, 0.2) is 16.8 Å². The number of ether oxygens (including phenoxy) is 1. The van der Waals surface area contributed by atoms with Crippen molar-refractivity contribution in [3.05, 3.63) is 29.7 Å². The van der Waals surface area contributed by atoms with Crippen LogP contribution in [0.3, 0.4) is 0 Å². The second kappa shape index (κ2) is 6.71. The summed E-state index contributed by atoms with van der Waals surface area (Å²) in [5.41, 5.74) is -1.01. The van der Waals surface area contributed by atoms with Gasteiger partial charge in [0.25, 0.3) is 0 Å². The third-order valence-corrected chi connectivity index (χ3v) is 3.78. The van der Waals surface area contributed by atoms with Gasteiger partial charge in [-0.05, 0) is 31.7 Å². The first-order chi connectivity index (χ1) is 11.4. The van der Waals surface area contributed by atoms with Crippen LogP contribution in [0.25, 0.3) is 0 Å². The average molecular weight is 343 g/mol. The second-order valence-electron chi connectivity index (χ2n) is 5.51. The second-order valence-corrected chi connectivity index (χ2v) is 5.51. The van der Waals surface area contributed by atoms with Gasteiger partial charge in [0.2, 0.25) is 11.8 Å². The highest BCUT2D eigenvalue weighted by Crippen LogP contribution is 2.33. The Morgan fingerprint density at radius 3 is 2.62 bits per heavy atom. The molecule has 1 saturated heterocycles. The molecule has 7 nitrogen and oxygen atoms in total. The molecule has 24 heavy (non-hydrogen) atoms. The third-order valence-electron chi connectivity index (χ3n) is 3.78. The van der Waals surface area contributed by atoms with Crippen LogP contribution >= 0.6 is 0 Å². The van der Waals surface area contributed by atoms with Gasteiger partial charge < -0.3 is 14.6 Å². The van der Waals surface area contributed by atoms with E-state index in [0.717, 1.165) is 25.1 Å². The van der Waals surface area contributed by atoms with E-state index in [4.69, 9.17) is 9.26 Å². The molecule has 1 atom stereocenters. The molecular formula is C14H16F3N5O2. The summed E-state index contributed by atoms with van der Waals surface area (Å²) >= 11 is 0. The quantitative estimate of drug-likeness (QED) is 0.913. The first-order valence-corrected chi connectivity index (χ1v) is 7.48. The molecule has 1 aliphatic heterocycles. The Balaban J connectivity index is 1.86. The largest absolute Gasteiger partial charge is 0.433 e. The normalized spacial score (nSPS) is 17.7. The standard InChI is InChI=1S/C14H16F3N5O2/c1-8-19-12(24-22-8)11(9-3-6-23-7-4-9)21-13-18-5-2-10(20-13)14(15,16)17/h2,5,9,11H,3-4,6-7H2,1H3,(H,18,20,21)/t11-/m1/s1. The maximum absolute atomic E-state index is 12.8. The van der Waals surface area contributed by atoms with Crippen molar-refractivity contribution in [2.24, 2.45) is 5.92 Å². The number of alkyl halides is 3. The SMILES string of the molecule is Cc1noc([C@H](Nc2nccc(C(F)(F)F)n2)C2CCOCC2)n1. The van der Waals surface area contributed by atoms with E-state index in [2.05, 4.69) is 25.4 Å². The number of aryl methyl sites for hydroxylation is 1. The predicted molar refractivity (Wildman–Crippen MR) is 76.0 cm³/mol. The molecule has 130 valence electrons. The van der Waals surface area contributed by atoms with Crippen molar-refractivity contribution in [3.8, 4) is 0 Å². The van der Waals surface area contributed by atoms with Crippen molar-refractivity contribution in [1.82, 2.24) is 20.1 Å². The van der Waals surface area contributed by atoms with E-state index in [0.29, 0.717) is 24.9 Å². The zero-order valence-electron chi connectivity index (χ0n) is 12.9. The lowest BCUT2D eigenvalue weighted by atomic mass is 9.91. The maximum atomic E-state index is 12.8. The molecule has 3 rings (SSSR count). The molecule has 3 heterocycles. The van der Waals surface area contributed by atoms with E-state index < -0.39 is 17.9 Å². The van der Waals surface area contributed by atoms with Gasteiger partial charge in [0.05, 0.1) is 0 Å². The highest BCUT2D eigenvalue weighted by Gasteiger charge is 2.34. The summed E-state index contributed by atoms with van der Waals surface area (Å²) in [5, 5.41) is 6.67. The molecule has 0 spiro atoms. The minimum Gasteiger partial charge on any atom is -0.381 e. The fourth-order valence-electron chi connectivity index (χ4n) is 2.60. The van der Waals surface area contributed by atoms with Crippen LogP contribution in [0.4, 0.5) is 19.1 Å². The molecule has 0 radical (unpaired) electrons. The van der Waals surface area contributed by atoms with Gasteiger partial charge in [-0.25, -0.2) is 9.97 Å². The van der Waals surface area contributed by atoms with Crippen LogP contribution < -0.4 is 5.32 Å². The van der Waals surface area contributed by atoms with Gasteiger partial charge in [0, 0.05) is 19.4 Å². The lowest BCUT2D eigenvalue weighted by Gasteiger charge is -2.28. The molecule has 0 aliphatic carbocycles. The van der Waals surface area contributed by atoms with Crippen LogP contribution in [0.5, 0.6) is 0 Å². The summed E-state index contributed by atoms with van der Waals surface area (Å²) < 4.78 is 49.0. The number of aromatic nitrogens is 4. The Hall–Kier alpha value is -2.23. The highest BCUT2D eigenvalue weighted by atomic mass is 19.4. The van der Waals surface area contributed by atoms with Crippen molar-refractivity contribution < 1.29 is 22.4 Å². The molecular weight excluding hydrogens is 327 g/mol. The van der Waals surface area contributed by atoms with Gasteiger partial charge in [-0.2, -0.15) is 18.2 Å². The lowest BCUT2D eigenvalue weighted by Crippen LogP contribution is -2.28. The molecule has 1 fully saturated rings. The van der Waals surface area contributed by atoms with Gasteiger partial charge in [0.15, 0.2) is 5.82 Å². The number of nitrogens with one attached hydrogen (secondary N) is 1. The molecule has 0 unspecified atom stereocenters. The number of anilines is 1. The van der Waals surface area contributed by atoms with Gasteiger partial charge in [0.1, 0.15) is 11.7 Å². The Bertz CT molecular complexity index is 685. The van der Waals surface area contributed by atoms with Gasteiger partial charge in [-0.1, -0.05) is 5.16 Å². The minimum atomic E-state index is -4.53. The Labute approximate surface area is 135 Å². The fraction of sp³-hybridized carbons (Fsp3) is 0.571. The summed E-state index contributed by atoms with van der Waals surface area (Å²) in [6.07, 6.45) is -2.02. The third kappa shape index (κ3) is 3.81. The number of hydrogen-bond acceptors (Lipinski definition) is 7. The number of halogens is 3. The van der Waals surface area contributed by atoms with E-state index in [9.17, 15) is 13.2 Å². The van der Waals surface area contributed by atoms with Crippen molar-refractivity contribution in [2.45, 2.75) is 32.0 Å². The van der Waals surface area contributed by atoms with Gasteiger partial charge in [-0.15, -0.1) is 0 Å². The first-order valence-electron chi connectivity index (χ1n) is 7.48. The summed E-state index contributed by atoms with van der Waals surface area (Å²) in [7, 11) is 0. The number of hydrogen-bond donors (Lipinski definition) is 1. The van der Waals surface area contributed by atoms with E-state index in [-0.39, 0.29) is 11.9 Å². The molecule has 2 aromatic heterocycles. The Morgan fingerprint density at radius 2 is 2.00 bits per heavy atom. The monoisotopic (exact) mass is 343 g/mol. The first kappa shape index (κ1) is 16.6. The fourth-order valence-corrected chi connectivity index (χ4v) is 2.60.